The smallest absolute Gasteiger partial charge is 0.274 e. The van der Waals surface area contributed by atoms with Gasteiger partial charge in [-0.15, -0.1) is 0 Å². The van der Waals surface area contributed by atoms with E-state index >= 15 is 0 Å². The van der Waals surface area contributed by atoms with Crippen molar-refractivity contribution in [2.75, 3.05) is 18.5 Å². The molecule has 3 amide bonds. The summed E-state index contributed by atoms with van der Waals surface area (Å²) >= 11 is 0. The largest absolute Gasteiger partial charge is 0.471 e. The number of carbonyl (C=O) groups is 3. The van der Waals surface area contributed by atoms with Gasteiger partial charge in [-0.1, -0.05) is 19.1 Å². The van der Waals surface area contributed by atoms with E-state index in [4.69, 9.17) is 20.4 Å². The number of nitrogens with one attached hydrogen (secondary N) is 3. The minimum Gasteiger partial charge on any atom is -0.471 e. The molecule has 0 radical (unpaired) electrons. The van der Waals surface area contributed by atoms with Gasteiger partial charge in [-0.25, -0.2) is 10.5 Å². The molecule has 36 heavy (non-hydrogen) atoms. The van der Waals surface area contributed by atoms with Crippen LogP contribution < -0.4 is 26.6 Å². The van der Waals surface area contributed by atoms with E-state index in [0.29, 0.717) is 24.1 Å². The van der Waals surface area contributed by atoms with Crippen LogP contribution in [0.2, 0.25) is 0 Å². The van der Waals surface area contributed by atoms with Crippen LogP contribution in [0.25, 0.3) is 0 Å². The van der Waals surface area contributed by atoms with Crippen molar-refractivity contribution in [3.63, 3.8) is 0 Å². The van der Waals surface area contributed by atoms with Crippen molar-refractivity contribution in [1.29, 1.82) is 0 Å². The number of aliphatic hydroxyl groups excluding tert-OH is 1. The monoisotopic (exact) mass is 498 g/mol. The van der Waals surface area contributed by atoms with Gasteiger partial charge in [-0.2, -0.15) is 4.98 Å². The molecule has 0 saturated heterocycles. The number of aryl methyl sites for hydroxylation is 1. The van der Waals surface area contributed by atoms with Crippen molar-refractivity contribution in [2.24, 2.45) is 5.73 Å². The first-order chi connectivity index (χ1) is 17.3. The molecule has 0 aliphatic heterocycles. The van der Waals surface area contributed by atoms with Gasteiger partial charge in [-0.3, -0.25) is 19.2 Å². The van der Waals surface area contributed by atoms with Gasteiger partial charge in [-0.05, 0) is 50.0 Å². The second-order valence-electron chi connectivity index (χ2n) is 8.19. The molecule has 1 saturated carbocycles. The lowest BCUT2D eigenvalue weighted by Gasteiger charge is -2.32. The Balaban J connectivity index is 1.83. The Labute approximate surface area is 208 Å². The molecule has 192 valence electrons. The number of ether oxygens (including phenoxy) is 1. The minimum atomic E-state index is -0.753. The lowest BCUT2D eigenvalue weighted by Crippen LogP contribution is -2.47. The number of anilines is 2. The predicted octanol–water partition coefficient (Wildman–Crippen LogP) is 1.27. The Morgan fingerprint density at radius 3 is 2.78 bits per heavy atom. The molecule has 1 aromatic carbocycles. The van der Waals surface area contributed by atoms with Crippen molar-refractivity contribution in [2.45, 2.75) is 44.8 Å². The zero-order valence-electron chi connectivity index (χ0n) is 20.0. The highest BCUT2D eigenvalue weighted by molar-refractivity contribution is 5.95. The van der Waals surface area contributed by atoms with Gasteiger partial charge in [0.1, 0.15) is 11.7 Å². The van der Waals surface area contributed by atoms with Crippen LogP contribution in [-0.2, 0) is 9.63 Å². The number of hydroxylamine groups is 1. The van der Waals surface area contributed by atoms with Crippen molar-refractivity contribution in [1.82, 2.24) is 20.8 Å². The van der Waals surface area contributed by atoms with Gasteiger partial charge in [0.25, 0.3) is 11.8 Å². The number of carbonyl (C=O) groups excluding carboxylic acids is 3. The summed E-state index contributed by atoms with van der Waals surface area (Å²) in [7, 11) is 0. The van der Waals surface area contributed by atoms with E-state index in [1.807, 2.05) is 6.92 Å². The first kappa shape index (κ1) is 26.6. The Bertz CT molecular complexity index is 1120. The highest BCUT2D eigenvalue weighted by Gasteiger charge is 2.29. The summed E-state index contributed by atoms with van der Waals surface area (Å²) in [6.07, 6.45) is 5.23. The fraction of sp³-hybridized carbons (Fsp3) is 0.375. The topological polar surface area (TPSA) is 178 Å². The number of hydrogen-bond donors (Lipinski definition) is 5. The Hall–Kier alpha value is -4.03. The molecule has 0 bridgehead atoms. The second kappa shape index (κ2) is 12.6. The number of primary amides is 1. The van der Waals surface area contributed by atoms with Crippen molar-refractivity contribution >= 4 is 29.4 Å². The van der Waals surface area contributed by atoms with E-state index in [9.17, 15) is 14.4 Å². The maximum Gasteiger partial charge on any atom is 0.274 e. The molecule has 1 heterocycles. The van der Waals surface area contributed by atoms with Crippen molar-refractivity contribution in [3.8, 4) is 5.88 Å². The van der Waals surface area contributed by atoms with Crippen LogP contribution in [0.1, 0.15) is 52.0 Å². The van der Waals surface area contributed by atoms with Gasteiger partial charge >= 0.3 is 0 Å². The fourth-order valence-corrected chi connectivity index (χ4v) is 3.71. The normalized spacial score (nSPS) is 17.1. The summed E-state index contributed by atoms with van der Waals surface area (Å²) in [5, 5.41) is 14.7. The number of amides is 3. The van der Waals surface area contributed by atoms with E-state index in [-0.39, 0.29) is 42.6 Å². The quantitative estimate of drug-likeness (QED) is 0.173. The first-order valence-corrected chi connectivity index (χ1v) is 11.5. The molecule has 1 aromatic heterocycles. The molecule has 2 atom stereocenters. The Morgan fingerprint density at radius 1 is 1.28 bits per heavy atom. The summed E-state index contributed by atoms with van der Waals surface area (Å²) in [5.41, 5.74) is 9.40. The number of rotatable bonds is 11. The number of aromatic nitrogens is 2. The summed E-state index contributed by atoms with van der Waals surface area (Å²) in [5.74, 6) is -1.44. The number of aliphatic hydroxyl groups is 1. The summed E-state index contributed by atoms with van der Waals surface area (Å²) in [4.78, 5) is 49.5. The van der Waals surface area contributed by atoms with Gasteiger partial charge in [0.2, 0.25) is 17.7 Å². The first-order valence-electron chi connectivity index (χ1n) is 11.5. The van der Waals surface area contributed by atoms with Crippen LogP contribution in [-0.4, -0.2) is 58.2 Å². The second-order valence-corrected chi connectivity index (χ2v) is 8.19. The SMILES string of the molecule is C=CC(=O)NC1CCCCC1Oc1nc(Nc2cc(C(=O)NOCCO)ccc2C)ncc1C(N)=O. The van der Waals surface area contributed by atoms with Crippen LogP contribution >= 0.6 is 0 Å². The summed E-state index contributed by atoms with van der Waals surface area (Å²) < 4.78 is 6.09. The van der Waals surface area contributed by atoms with Crippen molar-refractivity contribution in [3.05, 3.63) is 53.7 Å². The lowest BCUT2D eigenvalue weighted by atomic mass is 9.92. The van der Waals surface area contributed by atoms with Crippen molar-refractivity contribution < 1.29 is 29.1 Å². The molecule has 6 N–H and O–H groups in total. The molecule has 1 aliphatic rings. The molecule has 12 heteroatoms. The number of nitrogens with zero attached hydrogens (tertiary/aromatic N) is 2. The molecule has 1 aliphatic carbocycles. The van der Waals surface area contributed by atoms with Gasteiger partial charge < -0.3 is 26.2 Å². The number of nitrogens with two attached hydrogens (primary N) is 1. The van der Waals surface area contributed by atoms with Gasteiger partial charge in [0.05, 0.1) is 19.3 Å². The molecule has 2 aromatic rings. The summed E-state index contributed by atoms with van der Waals surface area (Å²) in [6.45, 7) is 5.04. The van der Waals surface area contributed by atoms with Crippen LogP contribution in [0.4, 0.5) is 11.6 Å². The third-order valence-corrected chi connectivity index (χ3v) is 5.60. The van der Waals surface area contributed by atoms with Crippen LogP contribution in [0.3, 0.4) is 0 Å². The fourth-order valence-electron chi connectivity index (χ4n) is 3.71. The molecule has 12 nitrogen and oxygen atoms in total. The average molecular weight is 499 g/mol. The zero-order chi connectivity index (χ0) is 26.1. The lowest BCUT2D eigenvalue weighted by molar-refractivity contribution is -0.118. The van der Waals surface area contributed by atoms with E-state index in [1.54, 1.807) is 18.2 Å². The third kappa shape index (κ3) is 6.99. The highest BCUT2D eigenvalue weighted by Crippen LogP contribution is 2.27. The summed E-state index contributed by atoms with van der Waals surface area (Å²) in [6, 6.07) is 4.65. The molecular weight excluding hydrogens is 468 g/mol. The van der Waals surface area contributed by atoms with Gasteiger partial charge in [0.15, 0.2) is 0 Å². The molecule has 1 fully saturated rings. The van der Waals surface area contributed by atoms with E-state index in [2.05, 4.69) is 32.7 Å². The van der Waals surface area contributed by atoms with Crippen LogP contribution in [0, 0.1) is 6.92 Å². The minimum absolute atomic E-state index is 0.00537. The average Bonchev–Trinajstić information content (AvgIpc) is 2.86. The molecule has 2 unspecified atom stereocenters. The Morgan fingerprint density at radius 2 is 2.06 bits per heavy atom. The van der Waals surface area contributed by atoms with E-state index < -0.39 is 17.9 Å². The highest BCUT2D eigenvalue weighted by atomic mass is 16.7. The maximum atomic E-state index is 12.3. The number of benzene rings is 1. The van der Waals surface area contributed by atoms with Crippen LogP contribution in [0.15, 0.2) is 37.1 Å². The number of hydrogen-bond acceptors (Lipinski definition) is 9. The van der Waals surface area contributed by atoms with Gasteiger partial charge in [0, 0.05) is 17.4 Å². The zero-order valence-corrected chi connectivity index (χ0v) is 20.0. The molecular formula is C24H30N6O6. The Kier molecular flexibility index (Phi) is 9.31. The van der Waals surface area contributed by atoms with Crippen LogP contribution in [0.5, 0.6) is 5.88 Å². The standard InChI is InChI=1S/C24H30N6O6/c1-3-20(32)27-17-6-4-5-7-19(17)36-23-16(21(25)33)13-26-24(29-23)28-18-12-15(9-8-14(18)2)22(34)30-35-11-10-31/h3,8-9,12-13,17,19,31H,1,4-7,10-11H2,2H3,(H2,25,33)(H,27,32)(H,30,34)(H,26,28,29). The van der Waals surface area contributed by atoms with E-state index in [1.165, 1.54) is 12.3 Å². The predicted molar refractivity (Wildman–Crippen MR) is 131 cm³/mol. The molecule has 3 rings (SSSR count). The third-order valence-electron chi connectivity index (χ3n) is 5.60. The molecule has 0 spiro atoms. The van der Waals surface area contributed by atoms with E-state index in [0.717, 1.165) is 18.4 Å². The maximum absolute atomic E-state index is 12.3.